The van der Waals surface area contributed by atoms with Crippen LogP contribution in [0.5, 0.6) is 0 Å². The highest BCUT2D eigenvalue weighted by Crippen LogP contribution is 2.30. The molecule has 4 aromatic rings. The number of anilines is 1. The molecule has 7 nitrogen and oxygen atoms in total. The fraction of sp³-hybridized carbons (Fsp3) is 0.269. The molecular weight excluding hydrogens is 486 g/mol. The summed E-state index contributed by atoms with van der Waals surface area (Å²) in [4.78, 5) is 17.6. The molecule has 2 N–H and O–H groups in total. The van der Waals surface area contributed by atoms with Gasteiger partial charge in [-0.25, -0.2) is 22.2 Å². The van der Waals surface area contributed by atoms with Crippen LogP contribution in [-0.4, -0.2) is 35.1 Å². The van der Waals surface area contributed by atoms with Gasteiger partial charge in [0.1, 0.15) is 17.2 Å². The third-order valence-electron chi connectivity index (χ3n) is 5.79. The van der Waals surface area contributed by atoms with Crippen LogP contribution in [0.25, 0.3) is 22.2 Å². The molecule has 0 amide bonds. The van der Waals surface area contributed by atoms with E-state index in [0.29, 0.717) is 5.39 Å². The number of halogens is 2. The standard InChI is InChI=1S/C26H26F2N4O3S/c1-5-12-36(34,35)32-23-20(27)11-10-18(21(23)28)24(33)22-19-13-16(14-29-25(19)31-30-22)15-6-8-17(9-7-15)26(2,3)4/h6-11,13-14,32H,5,12H2,1-4H3,(H,29,30,31). The van der Waals surface area contributed by atoms with E-state index in [1.807, 2.05) is 29.0 Å². The Hall–Kier alpha value is -3.66. The van der Waals surface area contributed by atoms with Gasteiger partial charge in [-0.05, 0) is 41.2 Å². The molecule has 0 fully saturated rings. The number of H-pyrrole nitrogens is 1. The average Bonchev–Trinajstić information content (AvgIpc) is 3.24. The molecule has 0 aliphatic carbocycles. The van der Waals surface area contributed by atoms with Crippen LogP contribution in [0.1, 0.15) is 55.7 Å². The molecule has 0 atom stereocenters. The molecule has 10 heteroatoms. The molecule has 36 heavy (non-hydrogen) atoms. The monoisotopic (exact) mass is 512 g/mol. The summed E-state index contributed by atoms with van der Waals surface area (Å²) >= 11 is 0. The summed E-state index contributed by atoms with van der Waals surface area (Å²) in [7, 11) is -3.98. The van der Waals surface area contributed by atoms with Crippen molar-refractivity contribution in [3.05, 3.63) is 77.1 Å². The van der Waals surface area contributed by atoms with Crippen molar-refractivity contribution in [2.45, 2.75) is 39.5 Å². The smallest absolute Gasteiger partial charge is 0.232 e. The van der Waals surface area contributed by atoms with Crippen molar-refractivity contribution in [2.75, 3.05) is 10.5 Å². The van der Waals surface area contributed by atoms with Crippen LogP contribution in [0.3, 0.4) is 0 Å². The van der Waals surface area contributed by atoms with E-state index in [9.17, 15) is 17.6 Å². The van der Waals surface area contributed by atoms with Gasteiger partial charge in [0.15, 0.2) is 11.5 Å². The number of fused-ring (bicyclic) bond motifs is 1. The number of pyridine rings is 1. The third-order valence-corrected chi connectivity index (χ3v) is 7.25. The first-order valence-corrected chi connectivity index (χ1v) is 13.0. The Bertz CT molecular complexity index is 1560. The molecule has 0 bridgehead atoms. The first-order valence-electron chi connectivity index (χ1n) is 11.4. The van der Waals surface area contributed by atoms with Crippen molar-refractivity contribution < 1.29 is 22.0 Å². The van der Waals surface area contributed by atoms with E-state index in [0.717, 1.165) is 28.8 Å². The highest BCUT2D eigenvalue weighted by molar-refractivity contribution is 7.92. The average molecular weight is 513 g/mol. The van der Waals surface area contributed by atoms with Gasteiger partial charge in [0.05, 0.1) is 16.7 Å². The third kappa shape index (κ3) is 4.99. The number of carbonyl (C=O) groups excluding carboxylic acids is 1. The van der Waals surface area contributed by atoms with Crippen molar-refractivity contribution in [1.82, 2.24) is 15.2 Å². The molecule has 0 spiro atoms. The van der Waals surface area contributed by atoms with Crippen molar-refractivity contribution in [3.63, 3.8) is 0 Å². The molecule has 0 aliphatic heterocycles. The zero-order valence-corrected chi connectivity index (χ0v) is 21.1. The van der Waals surface area contributed by atoms with Gasteiger partial charge in [-0.3, -0.25) is 14.6 Å². The Morgan fingerprint density at radius 1 is 1.06 bits per heavy atom. The maximum atomic E-state index is 15.2. The van der Waals surface area contributed by atoms with Gasteiger partial charge >= 0.3 is 0 Å². The summed E-state index contributed by atoms with van der Waals surface area (Å²) in [5, 5.41) is 6.98. The van der Waals surface area contributed by atoms with Crippen molar-refractivity contribution in [2.24, 2.45) is 0 Å². The molecule has 2 aromatic heterocycles. The number of hydrogen-bond acceptors (Lipinski definition) is 5. The molecule has 0 aliphatic rings. The van der Waals surface area contributed by atoms with Crippen LogP contribution in [0, 0.1) is 11.6 Å². The Morgan fingerprint density at radius 3 is 2.39 bits per heavy atom. The van der Waals surface area contributed by atoms with Gasteiger partial charge in [0.25, 0.3) is 0 Å². The summed E-state index contributed by atoms with van der Waals surface area (Å²) in [6.45, 7) is 7.98. The van der Waals surface area contributed by atoms with E-state index in [1.165, 1.54) is 0 Å². The van der Waals surface area contributed by atoms with E-state index in [4.69, 9.17) is 0 Å². The Labute approximate surface area is 208 Å². The van der Waals surface area contributed by atoms with Crippen molar-refractivity contribution in [1.29, 1.82) is 0 Å². The van der Waals surface area contributed by atoms with E-state index < -0.39 is 38.7 Å². The van der Waals surface area contributed by atoms with Gasteiger partial charge in [-0.2, -0.15) is 5.10 Å². The molecule has 0 radical (unpaired) electrons. The molecule has 0 unspecified atom stereocenters. The van der Waals surface area contributed by atoms with Crippen LogP contribution in [0.15, 0.2) is 48.7 Å². The minimum absolute atomic E-state index is 0.00626. The Balaban J connectivity index is 1.74. The topological polar surface area (TPSA) is 105 Å². The summed E-state index contributed by atoms with van der Waals surface area (Å²) in [5.74, 6) is -3.56. The minimum Gasteiger partial charge on any atom is -0.287 e. The minimum atomic E-state index is -3.98. The van der Waals surface area contributed by atoms with Gasteiger partial charge in [-0.1, -0.05) is 52.0 Å². The maximum Gasteiger partial charge on any atom is 0.232 e. The lowest BCUT2D eigenvalue weighted by Crippen LogP contribution is -2.19. The molecule has 0 saturated carbocycles. The van der Waals surface area contributed by atoms with Gasteiger partial charge < -0.3 is 0 Å². The van der Waals surface area contributed by atoms with Crippen molar-refractivity contribution in [3.8, 4) is 11.1 Å². The summed E-state index contributed by atoms with van der Waals surface area (Å²) in [5.41, 5.74) is 1.57. The number of aromatic nitrogens is 3. The molecular formula is C26H26F2N4O3S. The molecule has 2 aromatic carbocycles. The number of rotatable bonds is 7. The predicted octanol–water partition coefficient (Wildman–Crippen LogP) is 5.58. The lowest BCUT2D eigenvalue weighted by molar-refractivity contribution is 0.103. The van der Waals surface area contributed by atoms with Crippen LogP contribution >= 0.6 is 0 Å². The van der Waals surface area contributed by atoms with E-state index in [1.54, 1.807) is 19.2 Å². The van der Waals surface area contributed by atoms with Crippen molar-refractivity contribution >= 4 is 32.5 Å². The highest BCUT2D eigenvalue weighted by Gasteiger charge is 2.25. The number of sulfonamides is 1. The second kappa shape index (κ2) is 9.42. The Kier molecular flexibility index (Phi) is 6.66. The lowest BCUT2D eigenvalue weighted by Gasteiger charge is -2.19. The van der Waals surface area contributed by atoms with E-state index in [2.05, 4.69) is 36.0 Å². The number of nitrogens with one attached hydrogen (secondary N) is 2. The van der Waals surface area contributed by atoms with Crippen LogP contribution in [0.4, 0.5) is 14.5 Å². The molecule has 0 saturated heterocycles. The number of aromatic amines is 1. The first-order chi connectivity index (χ1) is 16.9. The van der Waals surface area contributed by atoms with Crippen LogP contribution < -0.4 is 4.72 Å². The molecule has 4 rings (SSSR count). The lowest BCUT2D eigenvalue weighted by atomic mass is 9.86. The Morgan fingerprint density at radius 2 is 1.75 bits per heavy atom. The number of benzene rings is 2. The number of carbonyl (C=O) groups is 1. The van der Waals surface area contributed by atoms with E-state index >= 15 is 4.39 Å². The van der Waals surface area contributed by atoms with Crippen LogP contribution in [0.2, 0.25) is 0 Å². The fourth-order valence-corrected chi connectivity index (χ4v) is 4.96. The maximum absolute atomic E-state index is 15.2. The van der Waals surface area contributed by atoms with Gasteiger partial charge in [0, 0.05) is 11.8 Å². The summed E-state index contributed by atoms with van der Waals surface area (Å²) in [6, 6.07) is 11.5. The second-order valence-electron chi connectivity index (χ2n) is 9.56. The predicted molar refractivity (Wildman–Crippen MR) is 136 cm³/mol. The molecule has 2 heterocycles. The van der Waals surface area contributed by atoms with Gasteiger partial charge in [0.2, 0.25) is 15.8 Å². The normalized spacial score (nSPS) is 12.2. The molecule has 188 valence electrons. The first kappa shape index (κ1) is 25.4. The largest absolute Gasteiger partial charge is 0.287 e. The zero-order valence-electron chi connectivity index (χ0n) is 20.3. The quantitative estimate of drug-likeness (QED) is 0.315. The summed E-state index contributed by atoms with van der Waals surface area (Å²) < 4.78 is 55.6. The number of ketones is 1. The fourth-order valence-electron chi connectivity index (χ4n) is 3.82. The summed E-state index contributed by atoms with van der Waals surface area (Å²) in [6.07, 6.45) is 1.88. The number of hydrogen-bond donors (Lipinski definition) is 2. The zero-order chi connectivity index (χ0) is 26.3. The number of nitrogens with zero attached hydrogens (tertiary/aromatic N) is 2. The van der Waals surface area contributed by atoms with E-state index in [-0.39, 0.29) is 28.9 Å². The van der Waals surface area contributed by atoms with Crippen LogP contribution in [-0.2, 0) is 15.4 Å². The van der Waals surface area contributed by atoms with Gasteiger partial charge in [-0.15, -0.1) is 0 Å². The SMILES string of the molecule is CCCS(=O)(=O)Nc1c(F)ccc(C(=O)c2[nH]nc3ncc(-c4ccc(C(C)(C)C)cc4)cc23)c1F. The second-order valence-corrected chi connectivity index (χ2v) is 11.4. The highest BCUT2D eigenvalue weighted by atomic mass is 32.2.